The van der Waals surface area contributed by atoms with Gasteiger partial charge < -0.3 is 9.26 Å². The van der Waals surface area contributed by atoms with Gasteiger partial charge in [0.1, 0.15) is 11.4 Å². The van der Waals surface area contributed by atoms with Crippen LogP contribution in [-0.2, 0) is 11.2 Å². The molecule has 1 N–H and O–H groups in total. The van der Waals surface area contributed by atoms with Crippen LogP contribution in [0.1, 0.15) is 5.56 Å². The molecule has 0 spiro atoms. The number of benzene rings is 2. The van der Waals surface area contributed by atoms with Gasteiger partial charge in [0, 0.05) is 23.0 Å². The summed E-state index contributed by atoms with van der Waals surface area (Å²) in [7, 11) is 1.59. The zero-order chi connectivity index (χ0) is 20.9. The van der Waals surface area contributed by atoms with Crippen molar-refractivity contribution in [3.8, 4) is 28.1 Å². The van der Waals surface area contributed by atoms with Crippen LogP contribution in [0, 0.1) is 0 Å². The second kappa shape index (κ2) is 8.80. The molecule has 0 atom stereocenters. The molecule has 2 aromatic carbocycles. The van der Waals surface area contributed by atoms with Crippen LogP contribution in [-0.4, -0.2) is 23.2 Å². The van der Waals surface area contributed by atoms with Crippen LogP contribution in [0.5, 0.6) is 5.75 Å². The lowest BCUT2D eigenvalue weighted by atomic mass is 10.0. The van der Waals surface area contributed by atoms with Gasteiger partial charge in [0.25, 0.3) is 0 Å². The number of carbonyl (C=O) groups excluding carboxylic acids is 1. The van der Waals surface area contributed by atoms with E-state index in [2.05, 4.69) is 15.5 Å². The number of nitrogens with one attached hydrogen (secondary N) is 1. The third kappa shape index (κ3) is 4.04. The zero-order valence-corrected chi connectivity index (χ0v) is 16.9. The van der Waals surface area contributed by atoms with Crippen LogP contribution in [0.4, 0.5) is 5.88 Å². The predicted octanol–water partition coefficient (Wildman–Crippen LogP) is 5.25. The van der Waals surface area contributed by atoms with Crippen molar-refractivity contribution in [3.05, 3.63) is 83.6 Å². The van der Waals surface area contributed by atoms with E-state index in [1.807, 2.05) is 54.6 Å². The third-order valence-corrected chi connectivity index (χ3v) is 4.95. The Bertz CT molecular complexity index is 1180. The molecule has 7 heteroatoms. The number of carbonyl (C=O) groups is 1. The number of halogens is 1. The topological polar surface area (TPSA) is 77.3 Å². The Morgan fingerprint density at radius 2 is 1.80 bits per heavy atom. The molecule has 0 fully saturated rings. The van der Waals surface area contributed by atoms with Gasteiger partial charge in [-0.15, -0.1) is 0 Å². The van der Waals surface area contributed by atoms with E-state index in [-0.39, 0.29) is 18.2 Å². The summed E-state index contributed by atoms with van der Waals surface area (Å²) in [4.78, 5) is 16.8. The van der Waals surface area contributed by atoms with E-state index in [1.54, 1.807) is 25.6 Å². The minimum atomic E-state index is -0.263. The van der Waals surface area contributed by atoms with Crippen LogP contribution in [0.15, 0.2) is 77.6 Å². The molecular weight excluding hydrogens is 402 g/mol. The molecule has 0 aliphatic rings. The number of amides is 1. The van der Waals surface area contributed by atoms with Crippen molar-refractivity contribution < 1.29 is 14.1 Å². The first-order valence-electron chi connectivity index (χ1n) is 9.24. The smallest absolute Gasteiger partial charge is 0.239 e. The number of ether oxygens (including phenoxy) is 1. The highest BCUT2D eigenvalue weighted by Crippen LogP contribution is 2.40. The van der Waals surface area contributed by atoms with E-state index in [9.17, 15) is 4.79 Å². The first-order valence-corrected chi connectivity index (χ1v) is 9.62. The van der Waals surface area contributed by atoms with Crippen LogP contribution in [0.2, 0.25) is 5.02 Å². The summed E-state index contributed by atoms with van der Waals surface area (Å²) < 4.78 is 11.0. The van der Waals surface area contributed by atoms with Crippen molar-refractivity contribution in [1.29, 1.82) is 0 Å². The average Bonchev–Trinajstić information content (AvgIpc) is 3.19. The molecule has 4 rings (SSSR count). The SMILES string of the molecule is COc1ccccc1-c1noc(NC(=O)Cc2ccccc2Cl)c1-c1ccncc1. The molecule has 4 aromatic rings. The normalized spacial score (nSPS) is 10.6. The second-order valence-corrected chi connectivity index (χ2v) is 6.90. The van der Waals surface area contributed by atoms with Gasteiger partial charge in [-0.3, -0.25) is 15.1 Å². The van der Waals surface area contributed by atoms with Gasteiger partial charge in [0.2, 0.25) is 11.8 Å². The summed E-state index contributed by atoms with van der Waals surface area (Å²) >= 11 is 6.18. The Hall–Kier alpha value is -3.64. The highest BCUT2D eigenvalue weighted by Gasteiger charge is 2.23. The highest BCUT2D eigenvalue weighted by molar-refractivity contribution is 6.31. The van der Waals surface area contributed by atoms with Gasteiger partial charge in [0.15, 0.2) is 0 Å². The Morgan fingerprint density at radius 1 is 1.07 bits per heavy atom. The molecule has 0 unspecified atom stereocenters. The van der Waals surface area contributed by atoms with Crippen molar-refractivity contribution >= 4 is 23.4 Å². The standard InChI is InChI=1S/C23H18ClN3O3/c1-29-19-9-5-3-7-17(19)22-21(15-10-12-25-13-11-15)23(30-27-22)26-20(28)14-16-6-2-4-8-18(16)24/h2-13H,14H2,1H3,(H,26,28). The maximum Gasteiger partial charge on any atom is 0.239 e. The molecule has 0 aliphatic carbocycles. The molecule has 150 valence electrons. The number of methoxy groups -OCH3 is 1. The molecule has 0 saturated carbocycles. The summed E-state index contributed by atoms with van der Waals surface area (Å²) in [5.74, 6) is 0.635. The maximum atomic E-state index is 12.7. The highest BCUT2D eigenvalue weighted by atomic mass is 35.5. The Kier molecular flexibility index (Phi) is 5.77. The maximum absolute atomic E-state index is 12.7. The van der Waals surface area contributed by atoms with Crippen molar-refractivity contribution in [2.75, 3.05) is 12.4 Å². The van der Waals surface area contributed by atoms with Crippen LogP contribution in [0.25, 0.3) is 22.4 Å². The Labute approximate surface area is 178 Å². The fourth-order valence-electron chi connectivity index (χ4n) is 3.17. The summed E-state index contributed by atoms with van der Waals surface area (Å²) in [5, 5.41) is 7.59. The molecule has 0 radical (unpaired) electrons. The summed E-state index contributed by atoms with van der Waals surface area (Å²) in [5.41, 5.74) is 3.50. The van der Waals surface area contributed by atoms with Gasteiger partial charge in [-0.05, 0) is 41.5 Å². The van der Waals surface area contributed by atoms with E-state index in [0.29, 0.717) is 22.0 Å². The van der Waals surface area contributed by atoms with Crippen molar-refractivity contribution in [2.24, 2.45) is 0 Å². The van der Waals surface area contributed by atoms with Crippen molar-refractivity contribution in [3.63, 3.8) is 0 Å². The van der Waals surface area contributed by atoms with Gasteiger partial charge in [-0.25, -0.2) is 0 Å². The number of rotatable bonds is 6. The fourth-order valence-corrected chi connectivity index (χ4v) is 3.37. The van der Waals surface area contributed by atoms with E-state index >= 15 is 0 Å². The van der Waals surface area contributed by atoms with Gasteiger partial charge in [0.05, 0.1) is 19.1 Å². The fraction of sp³-hybridized carbons (Fsp3) is 0.0870. The van der Waals surface area contributed by atoms with Gasteiger partial charge in [-0.2, -0.15) is 0 Å². The molecule has 2 heterocycles. The lowest BCUT2D eigenvalue weighted by Gasteiger charge is -2.09. The monoisotopic (exact) mass is 419 g/mol. The number of pyridine rings is 1. The molecule has 30 heavy (non-hydrogen) atoms. The molecule has 1 amide bonds. The lowest BCUT2D eigenvalue weighted by molar-refractivity contribution is -0.115. The van der Waals surface area contributed by atoms with Crippen molar-refractivity contribution in [2.45, 2.75) is 6.42 Å². The minimum absolute atomic E-state index is 0.111. The number of anilines is 1. The number of aromatic nitrogens is 2. The predicted molar refractivity (Wildman–Crippen MR) is 116 cm³/mol. The van der Waals surface area contributed by atoms with Crippen LogP contribution < -0.4 is 10.1 Å². The molecule has 6 nitrogen and oxygen atoms in total. The molecular formula is C23H18ClN3O3. The molecule has 2 aromatic heterocycles. The zero-order valence-electron chi connectivity index (χ0n) is 16.1. The quantitative estimate of drug-likeness (QED) is 0.462. The van der Waals surface area contributed by atoms with Crippen LogP contribution >= 0.6 is 11.6 Å². The van der Waals surface area contributed by atoms with E-state index in [4.69, 9.17) is 20.9 Å². The van der Waals surface area contributed by atoms with E-state index in [0.717, 1.165) is 16.7 Å². The Balaban J connectivity index is 1.73. The largest absolute Gasteiger partial charge is 0.496 e. The minimum Gasteiger partial charge on any atom is -0.496 e. The lowest BCUT2D eigenvalue weighted by Crippen LogP contribution is -2.14. The second-order valence-electron chi connectivity index (χ2n) is 6.49. The first-order chi connectivity index (χ1) is 14.7. The van der Waals surface area contributed by atoms with Gasteiger partial charge in [-0.1, -0.05) is 47.1 Å². The third-order valence-electron chi connectivity index (χ3n) is 4.58. The average molecular weight is 420 g/mol. The van der Waals surface area contributed by atoms with E-state index in [1.165, 1.54) is 0 Å². The number of hydrogen-bond donors (Lipinski definition) is 1. The molecule has 0 saturated heterocycles. The van der Waals surface area contributed by atoms with Crippen molar-refractivity contribution in [1.82, 2.24) is 10.1 Å². The first kappa shape index (κ1) is 19.7. The summed E-state index contributed by atoms with van der Waals surface area (Å²) in [6, 6.07) is 18.4. The van der Waals surface area contributed by atoms with Crippen LogP contribution in [0.3, 0.4) is 0 Å². The summed E-state index contributed by atoms with van der Waals surface area (Å²) in [6.07, 6.45) is 3.45. The van der Waals surface area contributed by atoms with E-state index < -0.39 is 0 Å². The number of hydrogen-bond acceptors (Lipinski definition) is 5. The summed E-state index contributed by atoms with van der Waals surface area (Å²) in [6.45, 7) is 0. The Morgan fingerprint density at radius 3 is 2.57 bits per heavy atom. The number of para-hydroxylation sites is 1. The molecule has 0 aliphatic heterocycles. The molecule has 0 bridgehead atoms. The number of nitrogens with zero attached hydrogens (tertiary/aromatic N) is 2. The van der Waals surface area contributed by atoms with Gasteiger partial charge >= 0.3 is 0 Å².